The lowest BCUT2D eigenvalue weighted by Crippen LogP contribution is -2.24. The molecule has 0 heterocycles. The van der Waals surface area contributed by atoms with Crippen molar-refractivity contribution in [2.75, 3.05) is 6.54 Å². The molecule has 0 saturated heterocycles. The number of aromatic hydroxyl groups is 1. The minimum atomic E-state index is -0.801. The second-order valence-corrected chi connectivity index (χ2v) is 4.33. The largest absolute Gasteiger partial charge is 0.508 e. The number of hydroxylamine groups is 1. The van der Waals surface area contributed by atoms with E-state index in [0.717, 1.165) is 0 Å². The Morgan fingerprint density at radius 3 is 2.55 bits per heavy atom. The van der Waals surface area contributed by atoms with Gasteiger partial charge in [0, 0.05) is 5.56 Å². The SMILES string of the molecule is OCc1cc(C(O)CNOc2ccccc2)ccc1O. The summed E-state index contributed by atoms with van der Waals surface area (Å²) in [6.45, 7) is -0.0924. The number of nitrogens with one attached hydrogen (secondary N) is 1. The second-order valence-electron chi connectivity index (χ2n) is 4.33. The van der Waals surface area contributed by atoms with Gasteiger partial charge in [-0.05, 0) is 29.8 Å². The van der Waals surface area contributed by atoms with Crippen molar-refractivity contribution in [3.63, 3.8) is 0 Å². The molecule has 0 aliphatic carbocycles. The number of phenols is 1. The molecule has 2 aromatic rings. The molecule has 0 bridgehead atoms. The van der Waals surface area contributed by atoms with E-state index < -0.39 is 6.10 Å². The van der Waals surface area contributed by atoms with Gasteiger partial charge in [0.2, 0.25) is 0 Å². The molecule has 1 unspecified atom stereocenters. The fraction of sp³-hybridized carbons (Fsp3) is 0.200. The van der Waals surface area contributed by atoms with Crippen molar-refractivity contribution in [2.24, 2.45) is 0 Å². The molecule has 0 fully saturated rings. The van der Waals surface area contributed by atoms with Crippen molar-refractivity contribution in [2.45, 2.75) is 12.7 Å². The standard InChI is InChI=1S/C15H17NO4/c17-10-12-8-11(6-7-14(12)18)15(19)9-16-20-13-4-2-1-3-5-13/h1-8,15-19H,9-10H2. The molecule has 0 aromatic heterocycles. The molecule has 0 saturated carbocycles. The van der Waals surface area contributed by atoms with E-state index in [4.69, 9.17) is 9.94 Å². The lowest BCUT2D eigenvalue weighted by Gasteiger charge is -2.14. The van der Waals surface area contributed by atoms with Crippen molar-refractivity contribution in [1.29, 1.82) is 0 Å². The van der Waals surface area contributed by atoms with Crippen LogP contribution in [0.2, 0.25) is 0 Å². The summed E-state index contributed by atoms with van der Waals surface area (Å²) in [6.07, 6.45) is -0.801. The van der Waals surface area contributed by atoms with Crippen LogP contribution in [0.5, 0.6) is 11.5 Å². The minimum absolute atomic E-state index is 0.0111. The average Bonchev–Trinajstić information content (AvgIpc) is 2.48. The summed E-state index contributed by atoms with van der Waals surface area (Å²) in [4.78, 5) is 5.27. The predicted molar refractivity (Wildman–Crippen MR) is 74.1 cm³/mol. The summed E-state index contributed by atoms with van der Waals surface area (Å²) in [6, 6.07) is 13.8. The number of rotatable bonds is 6. The molecule has 4 N–H and O–H groups in total. The highest BCUT2D eigenvalue weighted by atomic mass is 16.6. The van der Waals surface area contributed by atoms with Gasteiger partial charge in [0.1, 0.15) is 11.5 Å². The second kappa shape index (κ2) is 6.91. The van der Waals surface area contributed by atoms with Crippen LogP contribution in [0, 0.1) is 0 Å². The number of aliphatic hydroxyl groups is 2. The summed E-state index contributed by atoms with van der Waals surface area (Å²) in [5, 5.41) is 28.5. The number of para-hydroxylation sites is 1. The summed E-state index contributed by atoms with van der Waals surface area (Å²) in [7, 11) is 0. The Kier molecular flexibility index (Phi) is 4.95. The first kappa shape index (κ1) is 14.3. The fourth-order valence-corrected chi connectivity index (χ4v) is 1.75. The predicted octanol–water partition coefficient (Wildman–Crippen LogP) is 1.50. The molecule has 5 heteroatoms. The Hall–Kier alpha value is -2.08. The number of benzene rings is 2. The molecule has 0 radical (unpaired) electrons. The van der Waals surface area contributed by atoms with E-state index in [9.17, 15) is 10.2 Å². The molecule has 5 nitrogen and oxygen atoms in total. The smallest absolute Gasteiger partial charge is 0.147 e. The van der Waals surface area contributed by atoms with Gasteiger partial charge in [0.15, 0.2) is 0 Å². The first-order valence-electron chi connectivity index (χ1n) is 6.26. The van der Waals surface area contributed by atoms with Gasteiger partial charge in [-0.3, -0.25) is 0 Å². The van der Waals surface area contributed by atoms with Crippen LogP contribution in [0.3, 0.4) is 0 Å². The maximum Gasteiger partial charge on any atom is 0.147 e. The van der Waals surface area contributed by atoms with E-state index in [2.05, 4.69) is 5.48 Å². The monoisotopic (exact) mass is 275 g/mol. The van der Waals surface area contributed by atoms with Crippen molar-refractivity contribution in [3.8, 4) is 11.5 Å². The molecular formula is C15H17NO4. The zero-order chi connectivity index (χ0) is 14.4. The summed E-state index contributed by atoms with van der Waals surface area (Å²) in [5.41, 5.74) is 3.65. The quantitative estimate of drug-likeness (QED) is 0.601. The molecule has 0 spiro atoms. The van der Waals surface area contributed by atoms with E-state index in [-0.39, 0.29) is 18.9 Å². The summed E-state index contributed by atoms with van der Waals surface area (Å²) < 4.78 is 0. The van der Waals surface area contributed by atoms with E-state index >= 15 is 0 Å². The maximum absolute atomic E-state index is 10.0. The van der Waals surface area contributed by atoms with Crippen LogP contribution in [-0.4, -0.2) is 21.9 Å². The van der Waals surface area contributed by atoms with Gasteiger partial charge in [0.05, 0.1) is 19.3 Å². The molecule has 0 amide bonds. The lowest BCUT2D eigenvalue weighted by molar-refractivity contribution is 0.108. The third-order valence-corrected chi connectivity index (χ3v) is 2.87. The Morgan fingerprint density at radius 1 is 1.10 bits per heavy atom. The van der Waals surface area contributed by atoms with Crippen LogP contribution < -0.4 is 10.3 Å². The third kappa shape index (κ3) is 3.71. The Balaban J connectivity index is 1.90. The Bertz CT molecular complexity index is 545. The van der Waals surface area contributed by atoms with Crippen molar-refractivity contribution >= 4 is 0 Å². The number of aliphatic hydroxyl groups excluding tert-OH is 2. The van der Waals surface area contributed by atoms with E-state index in [0.29, 0.717) is 16.9 Å². The molecular weight excluding hydrogens is 258 g/mol. The average molecular weight is 275 g/mol. The molecule has 2 rings (SSSR count). The Morgan fingerprint density at radius 2 is 1.85 bits per heavy atom. The van der Waals surface area contributed by atoms with Crippen molar-refractivity contribution < 1.29 is 20.2 Å². The minimum Gasteiger partial charge on any atom is -0.508 e. The van der Waals surface area contributed by atoms with Crippen LogP contribution in [-0.2, 0) is 6.61 Å². The molecule has 2 aromatic carbocycles. The number of hydrogen-bond donors (Lipinski definition) is 4. The van der Waals surface area contributed by atoms with E-state index in [1.165, 1.54) is 6.07 Å². The molecule has 1 atom stereocenters. The summed E-state index contributed by atoms with van der Waals surface area (Å²) in [5.74, 6) is 0.665. The third-order valence-electron chi connectivity index (χ3n) is 2.87. The van der Waals surface area contributed by atoms with Crippen molar-refractivity contribution in [3.05, 3.63) is 59.7 Å². The van der Waals surface area contributed by atoms with Crippen LogP contribution in [0.4, 0.5) is 0 Å². The van der Waals surface area contributed by atoms with Gasteiger partial charge in [-0.2, -0.15) is 5.48 Å². The zero-order valence-electron chi connectivity index (χ0n) is 10.9. The van der Waals surface area contributed by atoms with Crippen LogP contribution in [0.15, 0.2) is 48.5 Å². The first-order valence-corrected chi connectivity index (χ1v) is 6.26. The highest BCUT2D eigenvalue weighted by molar-refractivity contribution is 5.36. The Labute approximate surface area is 117 Å². The van der Waals surface area contributed by atoms with E-state index in [1.54, 1.807) is 24.3 Å². The van der Waals surface area contributed by atoms with Crippen LogP contribution in [0.1, 0.15) is 17.2 Å². The van der Waals surface area contributed by atoms with Gasteiger partial charge in [-0.15, -0.1) is 0 Å². The lowest BCUT2D eigenvalue weighted by atomic mass is 10.1. The van der Waals surface area contributed by atoms with Gasteiger partial charge in [-0.25, -0.2) is 0 Å². The van der Waals surface area contributed by atoms with Gasteiger partial charge >= 0.3 is 0 Å². The molecule has 20 heavy (non-hydrogen) atoms. The van der Waals surface area contributed by atoms with Crippen molar-refractivity contribution in [1.82, 2.24) is 5.48 Å². The molecule has 0 aliphatic rings. The van der Waals surface area contributed by atoms with Crippen LogP contribution >= 0.6 is 0 Å². The number of hydrogen-bond acceptors (Lipinski definition) is 5. The fourth-order valence-electron chi connectivity index (χ4n) is 1.75. The highest BCUT2D eigenvalue weighted by Crippen LogP contribution is 2.22. The highest BCUT2D eigenvalue weighted by Gasteiger charge is 2.10. The topological polar surface area (TPSA) is 82.0 Å². The van der Waals surface area contributed by atoms with Gasteiger partial charge in [0.25, 0.3) is 0 Å². The first-order chi connectivity index (χ1) is 9.70. The zero-order valence-corrected chi connectivity index (χ0v) is 10.9. The van der Waals surface area contributed by atoms with Gasteiger partial charge in [-0.1, -0.05) is 24.3 Å². The van der Waals surface area contributed by atoms with Crippen LogP contribution in [0.25, 0.3) is 0 Å². The normalized spacial score (nSPS) is 12.1. The molecule has 0 aliphatic heterocycles. The summed E-state index contributed by atoms with van der Waals surface area (Å²) >= 11 is 0. The molecule has 106 valence electrons. The van der Waals surface area contributed by atoms with Gasteiger partial charge < -0.3 is 20.2 Å². The van der Waals surface area contributed by atoms with E-state index in [1.807, 2.05) is 18.2 Å². The maximum atomic E-state index is 10.0.